The van der Waals surface area contributed by atoms with Gasteiger partial charge in [-0.2, -0.15) is 0 Å². The number of hydrogen-bond donors (Lipinski definition) is 2. The second kappa shape index (κ2) is 9.61. The van der Waals surface area contributed by atoms with Crippen molar-refractivity contribution in [2.24, 2.45) is 0 Å². The third-order valence-corrected chi connectivity index (χ3v) is 6.12. The van der Waals surface area contributed by atoms with Gasteiger partial charge in [-0.3, -0.25) is 4.79 Å². The number of amides is 1. The predicted molar refractivity (Wildman–Crippen MR) is 138 cm³/mol. The second-order valence-corrected chi connectivity index (χ2v) is 11.1. The first-order chi connectivity index (χ1) is 15.4. The van der Waals surface area contributed by atoms with Crippen LogP contribution >= 0.6 is 11.6 Å². The van der Waals surface area contributed by atoms with E-state index < -0.39 is 0 Å². The lowest BCUT2D eigenvalue weighted by Crippen LogP contribution is -2.20. The number of nitrogens with one attached hydrogen (secondary N) is 1. The van der Waals surface area contributed by atoms with Crippen LogP contribution in [-0.4, -0.2) is 11.0 Å². The number of benzene rings is 3. The molecule has 0 aliphatic carbocycles. The molecule has 0 heterocycles. The molecule has 0 saturated heterocycles. The molecule has 3 aromatic rings. The van der Waals surface area contributed by atoms with E-state index in [1.165, 1.54) is 0 Å². The zero-order chi connectivity index (χ0) is 24.4. The summed E-state index contributed by atoms with van der Waals surface area (Å²) in [6, 6.07) is 21.3. The summed E-state index contributed by atoms with van der Waals surface area (Å²) in [5.74, 6) is 0.117. The minimum Gasteiger partial charge on any atom is -0.507 e. The molecule has 3 nitrogen and oxygen atoms in total. The standard InChI is InChI=1S/C29H34ClNO2/c1-28(2,3)24-16-20(17-25(27(24)33)29(4,5)6)23(19-10-8-7-9-11-19)18-26(32)31-22-14-12-21(30)13-15-22/h7-17,23,33H,18H2,1-6H3,(H,31,32). The normalized spacial score (nSPS) is 12.9. The summed E-state index contributed by atoms with van der Waals surface area (Å²) in [5, 5.41) is 14.8. The van der Waals surface area contributed by atoms with Gasteiger partial charge in [-0.25, -0.2) is 0 Å². The molecule has 0 aliphatic heterocycles. The maximum absolute atomic E-state index is 13.1. The Hall–Kier alpha value is -2.78. The predicted octanol–water partition coefficient (Wildman–Crippen LogP) is 7.80. The van der Waals surface area contributed by atoms with E-state index in [1.807, 2.05) is 18.2 Å². The second-order valence-electron chi connectivity index (χ2n) is 10.7. The van der Waals surface area contributed by atoms with Crippen LogP contribution in [0.15, 0.2) is 66.7 Å². The van der Waals surface area contributed by atoms with Crippen molar-refractivity contribution in [3.63, 3.8) is 0 Å². The molecule has 0 aromatic heterocycles. The summed E-state index contributed by atoms with van der Waals surface area (Å²) in [4.78, 5) is 13.1. The smallest absolute Gasteiger partial charge is 0.225 e. The van der Waals surface area contributed by atoms with Gasteiger partial charge in [-0.15, -0.1) is 0 Å². The minimum atomic E-state index is -0.243. The van der Waals surface area contributed by atoms with E-state index >= 15 is 0 Å². The van der Waals surface area contributed by atoms with Crippen molar-refractivity contribution in [3.05, 3.63) is 94.0 Å². The summed E-state index contributed by atoms with van der Waals surface area (Å²) >= 11 is 5.98. The molecule has 0 fully saturated rings. The van der Waals surface area contributed by atoms with Gasteiger partial charge in [0.2, 0.25) is 5.91 Å². The van der Waals surface area contributed by atoms with Gasteiger partial charge in [0.25, 0.3) is 0 Å². The number of anilines is 1. The summed E-state index contributed by atoms with van der Waals surface area (Å²) in [6.07, 6.45) is 0.282. The highest BCUT2D eigenvalue weighted by Crippen LogP contribution is 2.42. The SMILES string of the molecule is CC(C)(C)c1cc(C(CC(=O)Nc2ccc(Cl)cc2)c2ccccc2)cc(C(C)(C)C)c1O. The van der Waals surface area contributed by atoms with Gasteiger partial charge >= 0.3 is 0 Å². The Morgan fingerprint density at radius 2 is 1.36 bits per heavy atom. The molecule has 0 bridgehead atoms. The lowest BCUT2D eigenvalue weighted by Gasteiger charge is -2.30. The van der Waals surface area contributed by atoms with Crippen molar-refractivity contribution < 1.29 is 9.90 Å². The minimum absolute atomic E-state index is 0.0751. The van der Waals surface area contributed by atoms with Crippen LogP contribution in [0.25, 0.3) is 0 Å². The molecule has 1 atom stereocenters. The fourth-order valence-corrected chi connectivity index (χ4v) is 4.17. The molecular weight excluding hydrogens is 430 g/mol. The zero-order valence-corrected chi connectivity index (χ0v) is 21.1. The largest absolute Gasteiger partial charge is 0.507 e. The summed E-state index contributed by atoms with van der Waals surface area (Å²) in [5.41, 5.74) is 4.11. The van der Waals surface area contributed by atoms with Crippen molar-refractivity contribution in [1.82, 2.24) is 0 Å². The molecule has 0 saturated carbocycles. The van der Waals surface area contributed by atoms with Gasteiger partial charge in [-0.05, 0) is 57.3 Å². The third-order valence-electron chi connectivity index (χ3n) is 5.87. The first-order valence-electron chi connectivity index (χ1n) is 11.3. The Balaban J connectivity index is 2.07. The molecule has 3 rings (SSSR count). The van der Waals surface area contributed by atoms with Crippen molar-refractivity contribution in [3.8, 4) is 5.75 Å². The Kier molecular flexibility index (Phi) is 7.23. The van der Waals surface area contributed by atoms with E-state index in [0.717, 1.165) is 22.3 Å². The quantitative estimate of drug-likeness (QED) is 0.405. The molecule has 0 spiro atoms. The van der Waals surface area contributed by atoms with Crippen LogP contribution in [0.3, 0.4) is 0 Å². The zero-order valence-electron chi connectivity index (χ0n) is 20.4. The number of carbonyl (C=O) groups excluding carboxylic acids is 1. The van der Waals surface area contributed by atoms with Crippen molar-refractivity contribution in [2.75, 3.05) is 5.32 Å². The van der Waals surface area contributed by atoms with Gasteiger partial charge in [0.15, 0.2) is 0 Å². The molecule has 33 heavy (non-hydrogen) atoms. The van der Waals surface area contributed by atoms with Crippen LogP contribution in [0.4, 0.5) is 5.69 Å². The maximum Gasteiger partial charge on any atom is 0.225 e. The van der Waals surface area contributed by atoms with Crippen LogP contribution in [-0.2, 0) is 15.6 Å². The van der Waals surface area contributed by atoms with Gasteiger partial charge in [0.05, 0.1) is 0 Å². The fraction of sp³-hybridized carbons (Fsp3) is 0.345. The van der Waals surface area contributed by atoms with Crippen molar-refractivity contribution in [2.45, 2.75) is 64.7 Å². The molecule has 1 amide bonds. The molecule has 0 aliphatic rings. The number of aromatic hydroxyl groups is 1. The number of hydrogen-bond acceptors (Lipinski definition) is 2. The van der Waals surface area contributed by atoms with Crippen LogP contribution in [0.2, 0.25) is 5.02 Å². The highest BCUT2D eigenvalue weighted by atomic mass is 35.5. The first-order valence-corrected chi connectivity index (χ1v) is 11.7. The fourth-order valence-electron chi connectivity index (χ4n) is 4.05. The third kappa shape index (κ3) is 6.17. The van der Waals surface area contributed by atoms with Crippen molar-refractivity contribution in [1.29, 1.82) is 0 Å². The number of rotatable bonds is 5. The molecule has 2 N–H and O–H groups in total. The Morgan fingerprint density at radius 3 is 1.85 bits per heavy atom. The summed E-state index contributed by atoms with van der Waals surface area (Å²) in [6.45, 7) is 12.6. The number of carbonyl (C=O) groups is 1. The number of phenolic OH excluding ortho intramolecular Hbond substituents is 1. The molecular formula is C29H34ClNO2. The van der Waals surface area contributed by atoms with Crippen LogP contribution in [0.5, 0.6) is 5.75 Å². The monoisotopic (exact) mass is 463 g/mol. The van der Waals surface area contributed by atoms with E-state index in [9.17, 15) is 9.90 Å². The van der Waals surface area contributed by atoms with Crippen LogP contribution < -0.4 is 5.32 Å². The molecule has 3 aromatic carbocycles. The van der Waals surface area contributed by atoms with Gasteiger partial charge in [0.1, 0.15) is 5.75 Å². The summed E-state index contributed by atoms with van der Waals surface area (Å²) < 4.78 is 0. The Bertz CT molecular complexity index is 1070. The lowest BCUT2D eigenvalue weighted by atomic mass is 9.75. The van der Waals surface area contributed by atoms with Gasteiger partial charge in [-0.1, -0.05) is 95.6 Å². The molecule has 1 unspecified atom stereocenters. The number of phenols is 1. The average Bonchev–Trinajstić information content (AvgIpc) is 2.73. The van der Waals surface area contributed by atoms with Crippen LogP contribution in [0.1, 0.15) is 76.1 Å². The molecule has 174 valence electrons. The molecule has 4 heteroatoms. The van der Waals surface area contributed by atoms with Gasteiger partial charge < -0.3 is 10.4 Å². The maximum atomic E-state index is 13.1. The Morgan fingerprint density at radius 1 is 0.848 bits per heavy atom. The van der Waals surface area contributed by atoms with E-state index in [2.05, 4.69) is 71.1 Å². The topological polar surface area (TPSA) is 49.3 Å². The van der Waals surface area contributed by atoms with Gasteiger partial charge in [0, 0.05) is 23.0 Å². The van der Waals surface area contributed by atoms with Crippen LogP contribution in [0, 0.1) is 0 Å². The number of halogens is 1. The summed E-state index contributed by atoms with van der Waals surface area (Å²) in [7, 11) is 0. The average molecular weight is 464 g/mol. The van der Waals surface area contributed by atoms with E-state index in [0.29, 0.717) is 16.5 Å². The van der Waals surface area contributed by atoms with E-state index in [1.54, 1.807) is 24.3 Å². The van der Waals surface area contributed by atoms with E-state index in [4.69, 9.17) is 11.6 Å². The van der Waals surface area contributed by atoms with E-state index in [-0.39, 0.29) is 29.1 Å². The highest BCUT2D eigenvalue weighted by Gasteiger charge is 2.29. The Labute approximate surface area is 202 Å². The first kappa shape index (κ1) is 24.9. The molecule has 0 radical (unpaired) electrons. The van der Waals surface area contributed by atoms with Crippen molar-refractivity contribution >= 4 is 23.2 Å². The lowest BCUT2D eigenvalue weighted by molar-refractivity contribution is -0.116. The highest BCUT2D eigenvalue weighted by molar-refractivity contribution is 6.30.